The molecule has 0 aliphatic carbocycles. The molecule has 0 saturated heterocycles. The number of hydrogen-bond acceptors (Lipinski definition) is 6. The number of nitrogens with one attached hydrogen (secondary N) is 1. The highest BCUT2D eigenvalue weighted by atomic mass is 33.1. The maximum Gasteiger partial charge on any atom is 0.267 e. The number of nitrogen functional groups attached to an aromatic ring is 1. The average molecular weight is 393 g/mol. The van der Waals surface area contributed by atoms with Crippen molar-refractivity contribution in [2.75, 3.05) is 18.5 Å². The maximum atomic E-state index is 12.5. The summed E-state index contributed by atoms with van der Waals surface area (Å²) >= 11 is 0. The van der Waals surface area contributed by atoms with Crippen LogP contribution in [0.15, 0.2) is 30.5 Å². The number of anilines is 1. The van der Waals surface area contributed by atoms with Gasteiger partial charge in [0.05, 0.1) is 0 Å². The highest BCUT2D eigenvalue weighted by molar-refractivity contribution is 8.76. The van der Waals surface area contributed by atoms with Crippen LogP contribution in [0.2, 0.25) is 0 Å². The number of ketones is 1. The summed E-state index contributed by atoms with van der Waals surface area (Å²) in [5.41, 5.74) is 7.25. The Balaban J connectivity index is 2.04. The molecule has 0 radical (unpaired) electrons. The summed E-state index contributed by atoms with van der Waals surface area (Å²) in [5.74, 6) is 0.0325. The minimum absolute atomic E-state index is 0.0576. The highest BCUT2D eigenvalue weighted by Crippen LogP contribution is 2.32. The molecular weight excluding hydrogens is 368 g/mol. The van der Waals surface area contributed by atoms with E-state index in [9.17, 15) is 9.59 Å². The Labute approximate surface area is 161 Å². The van der Waals surface area contributed by atoms with E-state index in [4.69, 9.17) is 5.73 Å². The lowest BCUT2D eigenvalue weighted by molar-refractivity contribution is 0.0941. The summed E-state index contributed by atoms with van der Waals surface area (Å²) in [6.07, 6.45) is 3.98. The minimum atomic E-state index is -0.150. The highest BCUT2D eigenvalue weighted by Gasteiger charge is 2.21. The normalized spacial score (nSPS) is 11.4. The molecule has 0 aromatic carbocycles. The predicted octanol–water partition coefficient (Wildman–Crippen LogP) is 2.95. The molecule has 140 valence electrons. The van der Waals surface area contributed by atoms with Crippen molar-refractivity contribution in [2.24, 2.45) is 7.05 Å². The molecule has 0 spiro atoms. The number of Topliss-reactive ketones (excluding diaryl/α,β-unsaturated/α-hetero) is 1. The molecule has 0 aliphatic rings. The second kappa shape index (κ2) is 8.64. The first-order valence-electron chi connectivity index (χ1n) is 8.13. The molecule has 2 rings (SSSR count). The van der Waals surface area contributed by atoms with Gasteiger partial charge in [0.15, 0.2) is 5.78 Å². The number of rotatable bonds is 8. The van der Waals surface area contributed by atoms with E-state index in [2.05, 4.69) is 24.1 Å². The molecule has 2 aromatic rings. The van der Waals surface area contributed by atoms with Gasteiger partial charge < -0.3 is 15.6 Å². The Morgan fingerprint density at radius 2 is 2.08 bits per heavy atom. The van der Waals surface area contributed by atoms with Crippen LogP contribution in [0.3, 0.4) is 0 Å². The fraction of sp³-hybridized carbons (Fsp3) is 0.389. The van der Waals surface area contributed by atoms with Crippen molar-refractivity contribution in [3.05, 3.63) is 47.4 Å². The number of hydrogen-bond donors (Lipinski definition) is 2. The van der Waals surface area contributed by atoms with E-state index in [1.54, 1.807) is 63.7 Å². The monoisotopic (exact) mass is 392 g/mol. The number of amides is 1. The number of carbonyl (C=O) groups excluding carboxylic acids is 2. The number of aromatic nitrogens is 2. The molecule has 0 aliphatic heterocycles. The van der Waals surface area contributed by atoms with Crippen LogP contribution in [-0.4, -0.2) is 38.8 Å². The van der Waals surface area contributed by atoms with E-state index < -0.39 is 0 Å². The van der Waals surface area contributed by atoms with Gasteiger partial charge in [0, 0.05) is 31.0 Å². The molecule has 2 aromatic heterocycles. The van der Waals surface area contributed by atoms with Gasteiger partial charge in [0.2, 0.25) is 0 Å². The summed E-state index contributed by atoms with van der Waals surface area (Å²) < 4.78 is 1.68. The quantitative estimate of drug-likeness (QED) is 0.530. The first-order chi connectivity index (χ1) is 12.2. The summed E-state index contributed by atoms with van der Waals surface area (Å²) in [5, 5.41) is 2.96. The Morgan fingerprint density at radius 1 is 1.35 bits per heavy atom. The van der Waals surface area contributed by atoms with Crippen LogP contribution in [0.1, 0.15) is 40.4 Å². The fourth-order valence-electron chi connectivity index (χ4n) is 2.48. The molecule has 6 nitrogen and oxygen atoms in total. The average Bonchev–Trinajstić information content (AvgIpc) is 2.93. The molecule has 0 bridgehead atoms. The van der Waals surface area contributed by atoms with Crippen molar-refractivity contribution in [3.8, 4) is 0 Å². The molecule has 0 atom stereocenters. The molecule has 0 fully saturated rings. The minimum Gasteiger partial charge on any atom is -0.384 e. The number of nitrogens with zero attached hydrogens (tertiary/aromatic N) is 2. The topological polar surface area (TPSA) is 90.0 Å². The first kappa shape index (κ1) is 20.4. The van der Waals surface area contributed by atoms with Gasteiger partial charge in [-0.3, -0.25) is 9.59 Å². The van der Waals surface area contributed by atoms with Crippen LogP contribution in [0.4, 0.5) is 5.82 Å². The zero-order valence-electron chi connectivity index (χ0n) is 15.4. The van der Waals surface area contributed by atoms with Crippen LogP contribution in [0.25, 0.3) is 0 Å². The summed E-state index contributed by atoms with van der Waals surface area (Å²) in [7, 11) is 5.19. The van der Waals surface area contributed by atoms with E-state index in [1.165, 1.54) is 0 Å². The Morgan fingerprint density at radius 3 is 2.73 bits per heavy atom. The fourth-order valence-corrected chi connectivity index (χ4v) is 4.59. The summed E-state index contributed by atoms with van der Waals surface area (Å²) in [6, 6.07) is 6.72. The molecule has 0 unspecified atom stereocenters. The van der Waals surface area contributed by atoms with Gasteiger partial charge in [0.25, 0.3) is 5.91 Å². The van der Waals surface area contributed by atoms with Crippen LogP contribution in [0, 0.1) is 0 Å². The van der Waals surface area contributed by atoms with Gasteiger partial charge in [0.1, 0.15) is 17.2 Å². The van der Waals surface area contributed by atoms with Crippen molar-refractivity contribution < 1.29 is 9.59 Å². The lowest BCUT2D eigenvalue weighted by atomic mass is 10.1. The number of carbonyl (C=O) groups is 2. The number of nitrogens with two attached hydrogens (primary N) is 1. The number of pyridine rings is 1. The van der Waals surface area contributed by atoms with E-state index >= 15 is 0 Å². The molecule has 8 heteroatoms. The molecule has 3 N–H and O–H groups in total. The van der Waals surface area contributed by atoms with Crippen LogP contribution in [0.5, 0.6) is 0 Å². The Hall–Kier alpha value is -1.93. The van der Waals surface area contributed by atoms with Crippen molar-refractivity contribution in [2.45, 2.75) is 25.0 Å². The van der Waals surface area contributed by atoms with Crippen molar-refractivity contribution in [3.63, 3.8) is 0 Å². The first-order valence-corrected chi connectivity index (χ1v) is 10.7. The van der Waals surface area contributed by atoms with Gasteiger partial charge in [-0.05, 0) is 43.9 Å². The van der Waals surface area contributed by atoms with E-state index in [-0.39, 0.29) is 22.9 Å². The Bertz CT molecular complexity index is 802. The van der Waals surface area contributed by atoms with Gasteiger partial charge in [-0.25, -0.2) is 4.98 Å². The zero-order chi connectivity index (χ0) is 19.3. The SMILES string of the molecule is CSSC(C)(C)CNC(=O)c1cc(CC(=O)c2cccc(N)n2)cn1C. The third-order valence-electron chi connectivity index (χ3n) is 3.70. The summed E-state index contributed by atoms with van der Waals surface area (Å²) in [6.45, 7) is 4.73. The van der Waals surface area contributed by atoms with Crippen LogP contribution < -0.4 is 11.1 Å². The Kier molecular flexibility index (Phi) is 6.77. The molecule has 26 heavy (non-hydrogen) atoms. The third-order valence-corrected chi connectivity index (χ3v) is 6.31. The van der Waals surface area contributed by atoms with Gasteiger partial charge in [-0.1, -0.05) is 27.7 Å². The third kappa shape index (κ3) is 5.54. The predicted molar refractivity (Wildman–Crippen MR) is 110 cm³/mol. The van der Waals surface area contributed by atoms with E-state index in [0.29, 0.717) is 23.8 Å². The van der Waals surface area contributed by atoms with Crippen molar-refractivity contribution >= 4 is 39.1 Å². The lowest BCUT2D eigenvalue weighted by Gasteiger charge is -2.22. The van der Waals surface area contributed by atoms with Crippen molar-refractivity contribution in [1.29, 1.82) is 0 Å². The smallest absolute Gasteiger partial charge is 0.267 e. The maximum absolute atomic E-state index is 12.5. The zero-order valence-corrected chi connectivity index (χ0v) is 17.0. The van der Waals surface area contributed by atoms with Crippen LogP contribution in [-0.2, 0) is 13.5 Å². The lowest BCUT2D eigenvalue weighted by Crippen LogP contribution is -2.36. The molecule has 1 amide bonds. The number of aryl methyl sites for hydroxylation is 1. The second-order valence-corrected chi connectivity index (χ2v) is 9.69. The van der Waals surface area contributed by atoms with E-state index in [0.717, 1.165) is 5.56 Å². The molecular formula is C18H24N4O2S2. The summed E-state index contributed by atoms with van der Waals surface area (Å²) in [4.78, 5) is 28.9. The second-order valence-electron chi connectivity index (χ2n) is 6.58. The standard InChI is InChI=1S/C18H24N4O2S2/c1-18(2,26-25-4)11-20-17(24)14-8-12(10-22(14)3)9-15(23)13-6-5-7-16(19)21-13/h5-8,10H,9,11H2,1-4H3,(H2,19,21)(H,20,24). The van der Waals surface area contributed by atoms with E-state index in [1.807, 2.05) is 6.26 Å². The van der Waals surface area contributed by atoms with Gasteiger partial charge >= 0.3 is 0 Å². The molecule has 0 saturated carbocycles. The van der Waals surface area contributed by atoms with Crippen LogP contribution >= 0.6 is 21.6 Å². The van der Waals surface area contributed by atoms with Gasteiger partial charge in [-0.15, -0.1) is 0 Å². The van der Waals surface area contributed by atoms with Gasteiger partial charge in [-0.2, -0.15) is 0 Å². The molecule has 2 heterocycles. The van der Waals surface area contributed by atoms with Crippen molar-refractivity contribution in [1.82, 2.24) is 14.9 Å². The largest absolute Gasteiger partial charge is 0.384 e.